The average Bonchev–Trinajstić information content (AvgIpc) is 2.42. The molecule has 2 aromatic rings. The van der Waals surface area contributed by atoms with Crippen LogP contribution >= 0.6 is 27.5 Å². The van der Waals surface area contributed by atoms with Gasteiger partial charge in [0.05, 0.1) is 0 Å². The van der Waals surface area contributed by atoms with E-state index >= 15 is 0 Å². The van der Waals surface area contributed by atoms with E-state index in [1.54, 1.807) is 18.2 Å². The number of primary amides is 1. The van der Waals surface area contributed by atoms with Crippen LogP contribution in [0.2, 0.25) is 5.02 Å². The third kappa shape index (κ3) is 3.82. The summed E-state index contributed by atoms with van der Waals surface area (Å²) < 4.78 is 0.759. The molecule has 0 aliphatic rings. The predicted octanol–water partition coefficient (Wildman–Crippen LogP) is 3.42. The summed E-state index contributed by atoms with van der Waals surface area (Å²) in [5.41, 5.74) is 7.35. The number of carbonyl (C=O) groups is 1. The highest BCUT2D eigenvalue weighted by molar-refractivity contribution is 9.10. The second kappa shape index (κ2) is 6.88. The average molecular weight is 354 g/mol. The lowest BCUT2D eigenvalue weighted by atomic mass is 10.1. The maximum Gasteiger partial charge on any atom is 0.239 e. The first-order valence-corrected chi connectivity index (χ1v) is 7.26. The SMILES string of the molecule is NC(=O)C(NCc1ccccc1)c1ccc(Cl)cc1Br. The molecule has 5 heteroatoms. The van der Waals surface area contributed by atoms with Gasteiger partial charge in [0.15, 0.2) is 0 Å². The Morgan fingerprint density at radius 2 is 1.95 bits per heavy atom. The molecule has 2 aromatic carbocycles. The molecule has 0 saturated heterocycles. The topological polar surface area (TPSA) is 55.1 Å². The van der Waals surface area contributed by atoms with Gasteiger partial charge in [-0.2, -0.15) is 0 Å². The molecule has 1 amide bonds. The van der Waals surface area contributed by atoms with E-state index in [-0.39, 0.29) is 0 Å². The molecular formula is C15H14BrClN2O. The van der Waals surface area contributed by atoms with Crippen LogP contribution in [0.25, 0.3) is 0 Å². The minimum Gasteiger partial charge on any atom is -0.368 e. The zero-order valence-electron chi connectivity index (χ0n) is 10.6. The molecule has 0 radical (unpaired) electrons. The van der Waals surface area contributed by atoms with Crippen LogP contribution in [0.15, 0.2) is 53.0 Å². The summed E-state index contributed by atoms with van der Waals surface area (Å²) in [6.45, 7) is 0.559. The van der Waals surface area contributed by atoms with Crippen LogP contribution in [0, 0.1) is 0 Å². The molecule has 0 aliphatic carbocycles. The normalized spacial score (nSPS) is 12.1. The molecule has 1 atom stereocenters. The summed E-state index contributed by atoms with van der Waals surface area (Å²) in [5, 5.41) is 3.77. The minimum atomic E-state index is -0.568. The van der Waals surface area contributed by atoms with Crippen molar-refractivity contribution in [3.63, 3.8) is 0 Å². The van der Waals surface area contributed by atoms with Gasteiger partial charge in [-0.15, -0.1) is 0 Å². The largest absolute Gasteiger partial charge is 0.368 e. The standard InChI is InChI=1S/C15H14BrClN2O/c16-13-8-11(17)6-7-12(13)14(15(18)20)19-9-10-4-2-1-3-5-10/h1-8,14,19H,9H2,(H2,18,20). The fraction of sp³-hybridized carbons (Fsp3) is 0.133. The minimum absolute atomic E-state index is 0.427. The lowest BCUT2D eigenvalue weighted by Gasteiger charge is -2.17. The lowest BCUT2D eigenvalue weighted by Crippen LogP contribution is -2.33. The first-order chi connectivity index (χ1) is 9.58. The van der Waals surface area contributed by atoms with Crippen molar-refractivity contribution in [3.8, 4) is 0 Å². The van der Waals surface area contributed by atoms with Gasteiger partial charge in [-0.05, 0) is 23.3 Å². The van der Waals surface area contributed by atoms with Gasteiger partial charge < -0.3 is 5.73 Å². The van der Waals surface area contributed by atoms with Crippen molar-refractivity contribution in [1.29, 1.82) is 0 Å². The molecular weight excluding hydrogens is 340 g/mol. The Balaban J connectivity index is 2.17. The van der Waals surface area contributed by atoms with E-state index in [1.807, 2.05) is 30.3 Å². The highest BCUT2D eigenvalue weighted by Crippen LogP contribution is 2.27. The van der Waals surface area contributed by atoms with Gasteiger partial charge in [-0.3, -0.25) is 10.1 Å². The maximum atomic E-state index is 11.7. The van der Waals surface area contributed by atoms with E-state index in [0.717, 1.165) is 15.6 Å². The third-order valence-corrected chi connectivity index (χ3v) is 3.83. The number of nitrogens with two attached hydrogens (primary N) is 1. The molecule has 0 bridgehead atoms. The number of benzene rings is 2. The smallest absolute Gasteiger partial charge is 0.239 e. The number of rotatable bonds is 5. The molecule has 20 heavy (non-hydrogen) atoms. The van der Waals surface area contributed by atoms with Gasteiger partial charge in [0.1, 0.15) is 6.04 Å². The second-order valence-electron chi connectivity index (χ2n) is 4.37. The van der Waals surface area contributed by atoms with Crippen molar-refractivity contribution in [2.75, 3.05) is 0 Å². The van der Waals surface area contributed by atoms with Crippen molar-refractivity contribution in [2.24, 2.45) is 5.73 Å². The number of hydrogen-bond acceptors (Lipinski definition) is 2. The van der Waals surface area contributed by atoms with E-state index in [0.29, 0.717) is 11.6 Å². The fourth-order valence-corrected chi connectivity index (χ4v) is 2.83. The van der Waals surface area contributed by atoms with Crippen molar-refractivity contribution < 1.29 is 4.79 Å². The van der Waals surface area contributed by atoms with Crippen molar-refractivity contribution in [3.05, 3.63) is 69.2 Å². The molecule has 1 unspecified atom stereocenters. The summed E-state index contributed by atoms with van der Waals surface area (Å²) in [5.74, 6) is -0.427. The molecule has 2 rings (SSSR count). The third-order valence-electron chi connectivity index (χ3n) is 2.91. The summed E-state index contributed by atoms with van der Waals surface area (Å²) in [6, 6.07) is 14.5. The van der Waals surface area contributed by atoms with Crippen molar-refractivity contribution in [1.82, 2.24) is 5.32 Å². The van der Waals surface area contributed by atoms with E-state index in [9.17, 15) is 4.79 Å². The highest BCUT2D eigenvalue weighted by Gasteiger charge is 2.19. The molecule has 3 nitrogen and oxygen atoms in total. The van der Waals surface area contributed by atoms with Gasteiger partial charge in [0.2, 0.25) is 5.91 Å². The Labute approximate surface area is 131 Å². The zero-order valence-corrected chi connectivity index (χ0v) is 13.0. The molecule has 0 saturated carbocycles. The van der Waals surface area contributed by atoms with Crippen LogP contribution in [-0.4, -0.2) is 5.91 Å². The van der Waals surface area contributed by atoms with E-state index in [4.69, 9.17) is 17.3 Å². The number of hydrogen-bond donors (Lipinski definition) is 2. The van der Waals surface area contributed by atoms with Crippen LogP contribution in [0.4, 0.5) is 0 Å². The summed E-state index contributed by atoms with van der Waals surface area (Å²) >= 11 is 9.32. The van der Waals surface area contributed by atoms with Gasteiger partial charge in [-0.25, -0.2) is 0 Å². The Hall–Kier alpha value is -1.36. The van der Waals surface area contributed by atoms with E-state index < -0.39 is 11.9 Å². The molecule has 0 heterocycles. The second-order valence-corrected chi connectivity index (χ2v) is 5.66. The lowest BCUT2D eigenvalue weighted by molar-refractivity contribution is -0.120. The Kier molecular flexibility index (Phi) is 5.17. The van der Waals surface area contributed by atoms with Gasteiger partial charge in [0.25, 0.3) is 0 Å². The summed E-state index contributed by atoms with van der Waals surface area (Å²) in [4.78, 5) is 11.7. The monoisotopic (exact) mass is 352 g/mol. The van der Waals surface area contributed by atoms with Crippen molar-refractivity contribution in [2.45, 2.75) is 12.6 Å². The number of carbonyl (C=O) groups excluding carboxylic acids is 1. The Bertz CT molecular complexity index is 604. The van der Waals surface area contributed by atoms with Crippen LogP contribution in [0.1, 0.15) is 17.2 Å². The predicted molar refractivity (Wildman–Crippen MR) is 84.4 cm³/mol. The number of nitrogens with one attached hydrogen (secondary N) is 1. The van der Waals surface area contributed by atoms with Crippen LogP contribution in [0.5, 0.6) is 0 Å². The van der Waals surface area contributed by atoms with Gasteiger partial charge in [0, 0.05) is 16.0 Å². The molecule has 104 valence electrons. The van der Waals surface area contributed by atoms with Crippen LogP contribution < -0.4 is 11.1 Å². The molecule has 0 aromatic heterocycles. The molecule has 0 aliphatic heterocycles. The number of amides is 1. The van der Waals surface area contributed by atoms with E-state index in [1.165, 1.54) is 0 Å². The Morgan fingerprint density at radius 3 is 2.55 bits per heavy atom. The summed E-state index contributed by atoms with van der Waals surface area (Å²) in [7, 11) is 0. The summed E-state index contributed by atoms with van der Waals surface area (Å²) in [6.07, 6.45) is 0. The molecule has 0 fully saturated rings. The highest BCUT2D eigenvalue weighted by atomic mass is 79.9. The first-order valence-electron chi connectivity index (χ1n) is 6.09. The van der Waals surface area contributed by atoms with Crippen molar-refractivity contribution >= 4 is 33.4 Å². The quantitative estimate of drug-likeness (QED) is 0.865. The first kappa shape index (κ1) is 15.0. The molecule has 0 spiro atoms. The zero-order chi connectivity index (χ0) is 14.5. The van der Waals surface area contributed by atoms with Gasteiger partial charge >= 0.3 is 0 Å². The fourth-order valence-electron chi connectivity index (χ4n) is 1.92. The maximum absolute atomic E-state index is 11.7. The van der Waals surface area contributed by atoms with E-state index in [2.05, 4.69) is 21.2 Å². The van der Waals surface area contributed by atoms with Crippen LogP contribution in [0.3, 0.4) is 0 Å². The number of halogens is 2. The molecule has 3 N–H and O–H groups in total. The van der Waals surface area contributed by atoms with Crippen LogP contribution in [-0.2, 0) is 11.3 Å². The Morgan fingerprint density at radius 1 is 1.25 bits per heavy atom. The van der Waals surface area contributed by atoms with Gasteiger partial charge in [-0.1, -0.05) is 63.9 Å².